The molecule has 0 aromatic heterocycles. The normalized spacial score (nSPS) is 15.0. The van der Waals surface area contributed by atoms with E-state index in [4.69, 9.17) is 0 Å². The topological polar surface area (TPSA) is 37.3 Å². The van der Waals surface area contributed by atoms with Crippen LogP contribution in [0.4, 0.5) is 4.39 Å². The molecular weight excluding hydrogens is 171 g/mol. The molecule has 0 heterocycles. The lowest BCUT2D eigenvalue weighted by molar-refractivity contribution is -0.122. The molecule has 1 rings (SSSR count). The van der Waals surface area contributed by atoms with Crippen LogP contribution >= 0.6 is 0 Å². The van der Waals surface area contributed by atoms with Crippen LogP contribution in [0.3, 0.4) is 0 Å². The summed E-state index contributed by atoms with van der Waals surface area (Å²) in [6.07, 6.45) is 0.688. The van der Waals surface area contributed by atoms with Gasteiger partial charge in [0.25, 0.3) is 0 Å². The second kappa shape index (κ2) is 3.66. The molecule has 1 N–H and O–H groups in total. The van der Waals surface area contributed by atoms with Crippen molar-refractivity contribution < 1.29 is 14.3 Å². The highest BCUT2D eigenvalue weighted by molar-refractivity contribution is 5.62. The first-order chi connectivity index (χ1) is 6.03. The van der Waals surface area contributed by atoms with Crippen LogP contribution in [-0.2, 0) is 11.2 Å². The molecule has 0 amide bonds. The van der Waals surface area contributed by atoms with Crippen LogP contribution in [0.1, 0.15) is 12.5 Å². The number of aldehydes is 1. The molecule has 0 spiro atoms. The van der Waals surface area contributed by atoms with Gasteiger partial charge in [-0.1, -0.05) is 12.1 Å². The number of hydrogen-bond donors (Lipinski definition) is 1. The van der Waals surface area contributed by atoms with Gasteiger partial charge in [-0.3, -0.25) is 0 Å². The SMILES string of the molecule is CC(O)(C=O)Cc1ccc(F)cc1. The number of benzene rings is 1. The van der Waals surface area contributed by atoms with Crippen molar-refractivity contribution in [2.75, 3.05) is 0 Å². The first-order valence-electron chi connectivity index (χ1n) is 3.97. The van der Waals surface area contributed by atoms with Gasteiger partial charge in [0.2, 0.25) is 0 Å². The molecule has 0 radical (unpaired) electrons. The maximum absolute atomic E-state index is 12.5. The lowest BCUT2D eigenvalue weighted by atomic mass is 9.98. The van der Waals surface area contributed by atoms with Gasteiger partial charge in [-0.2, -0.15) is 0 Å². The van der Waals surface area contributed by atoms with Gasteiger partial charge in [0.1, 0.15) is 11.4 Å². The average Bonchev–Trinajstić information content (AvgIpc) is 2.09. The Bertz CT molecular complexity index is 290. The van der Waals surface area contributed by atoms with Gasteiger partial charge in [0, 0.05) is 6.42 Å². The first-order valence-corrected chi connectivity index (χ1v) is 3.97. The maximum Gasteiger partial charge on any atom is 0.151 e. The van der Waals surface area contributed by atoms with Gasteiger partial charge in [-0.05, 0) is 24.6 Å². The van der Waals surface area contributed by atoms with Gasteiger partial charge in [-0.25, -0.2) is 4.39 Å². The smallest absolute Gasteiger partial charge is 0.151 e. The minimum absolute atomic E-state index is 0.205. The summed E-state index contributed by atoms with van der Waals surface area (Å²) in [6.45, 7) is 1.42. The minimum Gasteiger partial charge on any atom is -0.382 e. The van der Waals surface area contributed by atoms with E-state index < -0.39 is 5.60 Å². The van der Waals surface area contributed by atoms with Gasteiger partial charge in [-0.15, -0.1) is 0 Å². The summed E-state index contributed by atoms with van der Waals surface area (Å²) in [5.74, 6) is -0.325. The van der Waals surface area contributed by atoms with Crippen molar-refractivity contribution in [3.05, 3.63) is 35.6 Å². The summed E-state index contributed by atoms with van der Waals surface area (Å²) in [4.78, 5) is 10.4. The van der Waals surface area contributed by atoms with Crippen LogP contribution in [-0.4, -0.2) is 17.0 Å². The first kappa shape index (κ1) is 9.86. The van der Waals surface area contributed by atoms with Gasteiger partial charge in [0.05, 0.1) is 0 Å². The molecule has 1 atom stereocenters. The van der Waals surface area contributed by atoms with Crippen molar-refractivity contribution in [1.82, 2.24) is 0 Å². The van der Waals surface area contributed by atoms with E-state index in [1.54, 1.807) is 12.1 Å². The van der Waals surface area contributed by atoms with Crippen LogP contribution in [0.2, 0.25) is 0 Å². The van der Waals surface area contributed by atoms with E-state index in [1.807, 2.05) is 0 Å². The average molecular weight is 182 g/mol. The molecule has 1 unspecified atom stereocenters. The molecule has 1 aromatic rings. The highest BCUT2D eigenvalue weighted by Gasteiger charge is 2.19. The van der Waals surface area contributed by atoms with Crippen LogP contribution in [0.25, 0.3) is 0 Å². The molecule has 0 aliphatic heterocycles. The zero-order valence-corrected chi connectivity index (χ0v) is 7.33. The van der Waals surface area contributed by atoms with Crippen LogP contribution in [0, 0.1) is 5.82 Å². The highest BCUT2D eigenvalue weighted by Crippen LogP contribution is 2.11. The number of halogens is 1. The van der Waals surface area contributed by atoms with Crippen molar-refractivity contribution in [2.45, 2.75) is 18.9 Å². The number of aliphatic hydroxyl groups is 1. The molecule has 0 aliphatic carbocycles. The van der Waals surface area contributed by atoms with E-state index in [-0.39, 0.29) is 12.2 Å². The van der Waals surface area contributed by atoms with Crippen molar-refractivity contribution in [3.8, 4) is 0 Å². The summed E-state index contributed by atoms with van der Waals surface area (Å²) in [6, 6.07) is 5.70. The molecule has 0 saturated heterocycles. The number of carbonyl (C=O) groups is 1. The Morgan fingerprint density at radius 3 is 2.46 bits per heavy atom. The quantitative estimate of drug-likeness (QED) is 0.716. The Balaban J connectivity index is 2.75. The summed E-state index contributed by atoms with van der Waals surface area (Å²) < 4.78 is 12.5. The summed E-state index contributed by atoms with van der Waals surface area (Å²) in [7, 11) is 0. The van der Waals surface area contributed by atoms with E-state index in [0.717, 1.165) is 5.56 Å². The number of carbonyl (C=O) groups excluding carboxylic acids is 1. The third kappa shape index (κ3) is 2.95. The Hall–Kier alpha value is -1.22. The molecule has 13 heavy (non-hydrogen) atoms. The molecule has 0 fully saturated rings. The van der Waals surface area contributed by atoms with Gasteiger partial charge >= 0.3 is 0 Å². The lowest BCUT2D eigenvalue weighted by Crippen LogP contribution is -2.28. The van der Waals surface area contributed by atoms with Gasteiger partial charge < -0.3 is 9.90 Å². The predicted molar refractivity (Wildman–Crippen MR) is 46.8 cm³/mol. The van der Waals surface area contributed by atoms with E-state index >= 15 is 0 Å². The van der Waals surface area contributed by atoms with E-state index in [9.17, 15) is 14.3 Å². The lowest BCUT2D eigenvalue weighted by Gasteiger charge is -2.14. The molecule has 0 aliphatic rings. The molecule has 70 valence electrons. The minimum atomic E-state index is -1.36. The molecule has 2 nitrogen and oxygen atoms in total. The zero-order chi connectivity index (χ0) is 9.90. The summed E-state index contributed by atoms with van der Waals surface area (Å²) in [5.41, 5.74) is -0.629. The van der Waals surface area contributed by atoms with Crippen LogP contribution in [0.15, 0.2) is 24.3 Å². The van der Waals surface area contributed by atoms with Crippen LogP contribution < -0.4 is 0 Å². The van der Waals surface area contributed by atoms with Crippen LogP contribution in [0.5, 0.6) is 0 Å². The fourth-order valence-corrected chi connectivity index (χ4v) is 1.06. The largest absolute Gasteiger partial charge is 0.382 e. The third-order valence-electron chi connectivity index (χ3n) is 1.73. The number of rotatable bonds is 3. The van der Waals surface area contributed by atoms with E-state index in [1.165, 1.54) is 19.1 Å². The fourth-order valence-electron chi connectivity index (χ4n) is 1.06. The summed E-state index contributed by atoms with van der Waals surface area (Å²) >= 11 is 0. The second-order valence-corrected chi connectivity index (χ2v) is 3.28. The molecular formula is C10H11FO2. The Labute approximate surface area is 76.0 Å². The standard InChI is InChI=1S/C10H11FO2/c1-10(13,7-12)6-8-2-4-9(11)5-3-8/h2-5,7,13H,6H2,1H3. The molecule has 0 saturated carbocycles. The molecule has 3 heteroatoms. The Kier molecular flexibility index (Phi) is 2.78. The van der Waals surface area contributed by atoms with Crippen molar-refractivity contribution >= 4 is 6.29 Å². The summed E-state index contributed by atoms with van der Waals surface area (Å²) in [5, 5.41) is 9.38. The highest BCUT2D eigenvalue weighted by atomic mass is 19.1. The van der Waals surface area contributed by atoms with Crippen molar-refractivity contribution in [1.29, 1.82) is 0 Å². The fraction of sp³-hybridized carbons (Fsp3) is 0.300. The number of hydrogen-bond acceptors (Lipinski definition) is 2. The Morgan fingerprint density at radius 2 is 2.00 bits per heavy atom. The second-order valence-electron chi connectivity index (χ2n) is 3.28. The third-order valence-corrected chi connectivity index (χ3v) is 1.73. The molecule has 1 aromatic carbocycles. The molecule has 0 bridgehead atoms. The maximum atomic E-state index is 12.5. The van der Waals surface area contributed by atoms with E-state index in [0.29, 0.717) is 6.29 Å². The van der Waals surface area contributed by atoms with Crippen molar-refractivity contribution in [3.63, 3.8) is 0 Å². The van der Waals surface area contributed by atoms with Gasteiger partial charge in [0.15, 0.2) is 6.29 Å². The Morgan fingerprint density at radius 1 is 1.46 bits per heavy atom. The zero-order valence-electron chi connectivity index (χ0n) is 7.33. The van der Waals surface area contributed by atoms with Crippen molar-refractivity contribution in [2.24, 2.45) is 0 Å². The van der Waals surface area contributed by atoms with E-state index in [2.05, 4.69) is 0 Å². The monoisotopic (exact) mass is 182 g/mol. The predicted octanol–water partition coefficient (Wildman–Crippen LogP) is 1.32.